The van der Waals surface area contributed by atoms with Crippen molar-refractivity contribution in [1.29, 1.82) is 0 Å². The largest absolute Gasteiger partial charge is 0.351 e. The molecule has 0 spiro atoms. The van der Waals surface area contributed by atoms with Crippen molar-refractivity contribution in [3.8, 4) is 0 Å². The van der Waals surface area contributed by atoms with Crippen molar-refractivity contribution < 1.29 is 9.69 Å². The first-order valence-corrected chi connectivity index (χ1v) is 9.20. The van der Waals surface area contributed by atoms with E-state index in [2.05, 4.69) is 15.7 Å². The number of hydrogen-bond donors (Lipinski definition) is 3. The first-order chi connectivity index (χ1) is 11.5. The van der Waals surface area contributed by atoms with Crippen molar-refractivity contribution in [2.24, 2.45) is 0 Å². The van der Waals surface area contributed by atoms with E-state index in [1.165, 1.54) is 11.3 Å². The third-order valence-corrected chi connectivity index (χ3v) is 4.67. The van der Waals surface area contributed by atoms with E-state index in [1.807, 2.05) is 45.2 Å². The van der Waals surface area contributed by atoms with Gasteiger partial charge in [0.1, 0.15) is 0 Å². The van der Waals surface area contributed by atoms with E-state index in [-0.39, 0.29) is 5.91 Å². The number of benzene rings is 1. The number of para-hydroxylation sites is 1. The maximum Gasteiger partial charge on any atom is 0.275 e. The van der Waals surface area contributed by atoms with Crippen LogP contribution in [0.1, 0.15) is 18.9 Å². The van der Waals surface area contributed by atoms with E-state index in [1.54, 1.807) is 4.68 Å². The summed E-state index contributed by atoms with van der Waals surface area (Å²) in [5, 5.41) is 11.5. The van der Waals surface area contributed by atoms with Gasteiger partial charge >= 0.3 is 0 Å². The van der Waals surface area contributed by atoms with Gasteiger partial charge in [0.2, 0.25) is 5.13 Å². The summed E-state index contributed by atoms with van der Waals surface area (Å²) in [6, 6.07) is 8.05. The quantitative estimate of drug-likeness (QED) is 0.623. The molecule has 0 bridgehead atoms. The summed E-state index contributed by atoms with van der Waals surface area (Å²) in [6.45, 7) is 5.76. The summed E-state index contributed by atoms with van der Waals surface area (Å²) >= 11 is 6.82. The van der Waals surface area contributed by atoms with Crippen molar-refractivity contribution in [2.45, 2.75) is 26.9 Å². The van der Waals surface area contributed by atoms with Crippen LogP contribution >= 0.6 is 23.6 Å². The number of likely N-dealkylation sites (N-methyl/N-ethyl adjacent to an activating group) is 1. The van der Waals surface area contributed by atoms with E-state index in [9.17, 15) is 4.79 Å². The highest BCUT2D eigenvalue weighted by Gasteiger charge is 2.12. The average molecular weight is 367 g/mol. The maximum atomic E-state index is 11.8. The fourth-order valence-corrected chi connectivity index (χ4v) is 3.22. The number of hydrogen-bond acceptors (Lipinski definition) is 5. The van der Waals surface area contributed by atoms with E-state index in [0.717, 1.165) is 27.7 Å². The van der Waals surface area contributed by atoms with Gasteiger partial charge in [-0.05, 0) is 37.2 Å². The van der Waals surface area contributed by atoms with Gasteiger partial charge in [-0.1, -0.05) is 36.5 Å². The molecule has 0 saturated carbocycles. The molecule has 1 aromatic heterocycles. The smallest absolute Gasteiger partial charge is 0.275 e. The number of nitrogens with one attached hydrogen (secondary N) is 3. The van der Waals surface area contributed by atoms with Gasteiger partial charge in [0.15, 0.2) is 17.2 Å². The average Bonchev–Trinajstić information content (AvgIpc) is 2.87. The molecule has 8 heteroatoms. The minimum atomic E-state index is 0.0503. The van der Waals surface area contributed by atoms with Gasteiger partial charge in [-0.3, -0.25) is 4.79 Å². The van der Waals surface area contributed by atoms with Crippen LogP contribution < -0.4 is 15.5 Å². The van der Waals surface area contributed by atoms with Crippen LogP contribution in [0, 0.1) is 10.9 Å². The molecule has 0 saturated heterocycles. The minimum Gasteiger partial charge on any atom is -0.351 e. The lowest BCUT2D eigenvalue weighted by molar-refractivity contribution is -0.895. The lowest BCUT2D eigenvalue weighted by Crippen LogP contribution is -3.09. The first kappa shape index (κ1) is 18.6. The number of quaternary nitrogens is 1. The highest BCUT2D eigenvalue weighted by atomic mass is 32.1. The normalized spacial score (nSPS) is 12.0. The standard InChI is InChI=1S/C16H23N5OS2/c1-4-9-17-14(22)10-20(3)11-21-16(23)24-15(19-21)18-13-8-6-5-7-12(13)2/h5-8H,4,9-11H2,1-3H3,(H,17,22)(H,18,19)/p+1. The van der Waals surface area contributed by atoms with Crippen LogP contribution in [-0.2, 0) is 11.5 Å². The molecule has 1 heterocycles. The summed E-state index contributed by atoms with van der Waals surface area (Å²) in [5.41, 5.74) is 2.17. The van der Waals surface area contributed by atoms with Crippen LogP contribution in [0.2, 0.25) is 0 Å². The minimum absolute atomic E-state index is 0.0503. The van der Waals surface area contributed by atoms with E-state index in [4.69, 9.17) is 12.2 Å². The van der Waals surface area contributed by atoms with Crippen LogP contribution in [0.4, 0.5) is 10.8 Å². The molecule has 1 amide bonds. The summed E-state index contributed by atoms with van der Waals surface area (Å²) in [4.78, 5) is 12.8. The van der Waals surface area contributed by atoms with Gasteiger partial charge in [-0.15, -0.1) is 5.10 Å². The molecule has 1 unspecified atom stereocenters. The summed E-state index contributed by atoms with van der Waals surface area (Å²) in [6.07, 6.45) is 0.940. The zero-order chi connectivity index (χ0) is 17.5. The molecule has 3 N–H and O–H groups in total. The summed E-state index contributed by atoms with van der Waals surface area (Å²) in [7, 11) is 1.96. The Hall–Kier alpha value is -1.77. The molecule has 24 heavy (non-hydrogen) atoms. The number of aromatic nitrogens is 2. The van der Waals surface area contributed by atoms with Crippen LogP contribution in [0.15, 0.2) is 24.3 Å². The zero-order valence-corrected chi connectivity index (χ0v) is 15.9. The third kappa shape index (κ3) is 5.40. The molecule has 1 aromatic carbocycles. The van der Waals surface area contributed by atoms with Crippen LogP contribution in [-0.4, -0.2) is 35.8 Å². The van der Waals surface area contributed by atoms with Gasteiger partial charge in [-0.25, -0.2) is 0 Å². The maximum absolute atomic E-state index is 11.8. The highest BCUT2D eigenvalue weighted by Crippen LogP contribution is 2.22. The number of carbonyl (C=O) groups is 1. The fraction of sp³-hybridized carbons (Fsp3) is 0.438. The van der Waals surface area contributed by atoms with Gasteiger partial charge in [0.05, 0.1) is 7.05 Å². The Morgan fingerprint density at radius 1 is 1.42 bits per heavy atom. The van der Waals surface area contributed by atoms with Crippen molar-refractivity contribution >= 4 is 40.3 Å². The predicted octanol–water partition coefficient (Wildman–Crippen LogP) is 1.72. The monoisotopic (exact) mass is 366 g/mol. The Bertz CT molecular complexity index is 740. The molecule has 6 nitrogen and oxygen atoms in total. The van der Waals surface area contributed by atoms with E-state index in [0.29, 0.717) is 23.7 Å². The molecular weight excluding hydrogens is 342 g/mol. The number of aryl methyl sites for hydroxylation is 1. The fourth-order valence-electron chi connectivity index (χ4n) is 2.20. The summed E-state index contributed by atoms with van der Waals surface area (Å²) in [5.74, 6) is 0.0503. The third-order valence-electron chi connectivity index (χ3n) is 3.45. The molecule has 0 aliphatic carbocycles. The molecular formula is C16H24N5OS2+. The summed E-state index contributed by atoms with van der Waals surface area (Å²) < 4.78 is 2.46. The van der Waals surface area contributed by atoms with Gasteiger partial charge in [-0.2, -0.15) is 4.68 Å². The van der Waals surface area contributed by atoms with Crippen molar-refractivity contribution in [1.82, 2.24) is 15.1 Å². The Morgan fingerprint density at radius 2 is 2.17 bits per heavy atom. The second-order valence-electron chi connectivity index (χ2n) is 5.75. The van der Waals surface area contributed by atoms with Gasteiger partial charge < -0.3 is 15.5 Å². The van der Waals surface area contributed by atoms with Crippen LogP contribution in [0.5, 0.6) is 0 Å². The van der Waals surface area contributed by atoms with Crippen molar-refractivity contribution in [3.05, 3.63) is 33.8 Å². The van der Waals surface area contributed by atoms with Crippen molar-refractivity contribution in [3.63, 3.8) is 0 Å². The Kier molecular flexibility index (Phi) is 6.89. The predicted molar refractivity (Wildman–Crippen MR) is 100 cm³/mol. The SMILES string of the molecule is CCCNC(=O)C[NH+](C)Cn1nc(Nc2ccccc2C)sc1=S. The zero-order valence-electron chi connectivity index (χ0n) is 14.3. The van der Waals surface area contributed by atoms with Gasteiger partial charge in [0, 0.05) is 12.2 Å². The molecule has 0 radical (unpaired) electrons. The topological polar surface area (TPSA) is 63.4 Å². The number of anilines is 2. The molecule has 0 aliphatic rings. The number of amides is 1. The van der Waals surface area contributed by atoms with E-state index < -0.39 is 0 Å². The molecule has 2 rings (SSSR count). The Labute approximate surface area is 151 Å². The van der Waals surface area contributed by atoms with E-state index >= 15 is 0 Å². The Balaban J connectivity index is 1.97. The highest BCUT2D eigenvalue weighted by molar-refractivity contribution is 7.73. The Morgan fingerprint density at radius 3 is 2.88 bits per heavy atom. The van der Waals surface area contributed by atoms with Crippen molar-refractivity contribution in [2.75, 3.05) is 25.5 Å². The molecule has 0 aliphatic heterocycles. The molecule has 2 aromatic rings. The first-order valence-electron chi connectivity index (χ1n) is 7.98. The second-order valence-corrected chi connectivity index (χ2v) is 7.38. The lowest BCUT2D eigenvalue weighted by atomic mass is 10.2. The molecule has 0 fully saturated rings. The number of nitrogens with zero attached hydrogens (tertiary/aromatic N) is 2. The van der Waals surface area contributed by atoms with Gasteiger partial charge in [0.25, 0.3) is 5.91 Å². The number of rotatable bonds is 8. The molecule has 130 valence electrons. The number of carbonyl (C=O) groups excluding carboxylic acids is 1. The molecule has 1 atom stereocenters. The lowest BCUT2D eigenvalue weighted by Gasteiger charge is -2.13. The second kappa shape index (κ2) is 8.91. The van der Waals surface area contributed by atoms with Crippen LogP contribution in [0.3, 0.4) is 0 Å². The van der Waals surface area contributed by atoms with Crippen LogP contribution in [0.25, 0.3) is 0 Å².